The van der Waals surface area contributed by atoms with E-state index in [0.29, 0.717) is 47.6 Å². The van der Waals surface area contributed by atoms with Crippen LogP contribution in [0.15, 0.2) is 36.4 Å². The summed E-state index contributed by atoms with van der Waals surface area (Å²) in [6.07, 6.45) is -1.26. The molecule has 0 unspecified atom stereocenters. The molecule has 1 aliphatic rings. The summed E-state index contributed by atoms with van der Waals surface area (Å²) in [5.74, 6) is 3.69. The van der Waals surface area contributed by atoms with E-state index in [2.05, 4.69) is 9.80 Å². The van der Waals surface area contributed by atoms with E-state index in [4.69, 9.17) is 28.4 Å². The van der Waals surface area contributed by atoms with E-state index in [1.165, 1.54) is 0 Å². The Labute approximate surface area is 212 Å². The summed E-state index contributed by atoms with van der Waals surface area (Å²) in [6, 6.07) is 10.6. The third-order valence-corrected chi connectivity index (χ3v) is 5.94. The van der Waals surface area contributed by atoms with Crippen molar-refractivity contribution >= 4 is 0 Å². The number of benzene rings is 2. The zero-order valence-corrected chi connectivity index (χ0v) is 21.5. The molecule has 0 amide bonds. The average molecular weight is 507 g/mol. The van der Waals surface area contributed by atoms with E-state index in [1.807, 2.05) is 0 Å². The quantitative estimate of drug-likeness (QED) is 0.392. The first kappa shape index (κ1) is 27.7. The van der Waals surface area contributed by atoms with Crippen LogP contribution in [-0.4, -0.2) is 113 Å². The number of ether oxygens (including phenoxy) is 6. The molecule has 2 N–H and O–H groups in total. The van der Waals surface area contributed by atoms with Crippen LogP contribution in [-0.2, 0) is 0 Å². The fraction of sp³-hybridized carbons (Fsp3) is 0.538. The third-order valence-electron chi connectivity index (χ3n) is 5.94. The van der Waals surface area contributed by atoms with Crippen LogP contribution in [0.25, 0.3) is 0 Å². The van der Waals surface area contributed by atoms with Gasteiger partial charge in [0, 0.05) is 75.7 Å². The van der Waals surface area contributed by atoms with Gasteiger partial charge in [0.1, 0.15) is 59.9 Å². The van der Waals surface area contributed by atoms with Crippen molar-refractivity contribution in [2.45, 2.75) is 12.2 Å². The second-order valence-corrected chi connectivity index (χ2v) is 8.63. The highest BCUT2D eigenvalue weighted by atomic mass is 16.5. The summed E-state index contributed by atoms with van der Waals surface area (Å²) in [5.41, 5.74) is 0. The van der Waals surface area contributed by atoms with Crippen molar-refractivity contribution in [1.29, 1.82) is 0 Å². The number of aliphatic hydroxyl groups is 2. The Bertz CT molecular complexity index is 816. The van der Waals surface area contributed by atoms with Crippen LogP contribution >= 0.6 is 0 Å². The second kappa shape index (κ2) is 14.0. The fourth-order valence-corrected chi connectivity index (χ4v) is 3.97. The maximum atomic E-state index is 10.5. The average Bonchev–Trinajstić information content (AvgIpc) is 2.91. The van der Waals surface area contributed by atoms with Crippen molar-refractivity contribution in [2.75, 3.05) is 80.9 Å². The minimum Gasteiger partial charge on any atom is -0.496 e. The highest BCUT2D eigenvalue weighted by Gasteiger charge is 2.21. The third kappa shape index (κ3) is 8.63. The Kier molecular flexibility index (Phi) is 10.7. The molecule has 0 saturated carbocycles. The van der Waals surface area contributed by atoms with E-state index >= 15 is 0 Å². The van der Waals surface area contributed by atoms with Crippen LogP contribution in [0.5, 0.6) is 34.5 Å². The van der Waals surface area contributed by atoms with Crippen LogP contribution in [0.3, 0.4) is 0 Å². The predicted octanol–water partition coefficient (Wildman–Crippen LogP) is 1.52. The zero-order valence-electron chi connectivity index (χ0n) is 21.5. The molecular weight excluding hydrogens is 468 g/mol. The van der Waals surface area contributed by atoms with Gasteiger partial charge in [0.2, 0.25) is 0 Å². The van der Waals surface area contributed by atoms with Gasteiger partial charge in [-0.3, -0.25) is 9.80 Å². The molecule has 1 saturated heterocycles. The summed E-state index contributed by atoms with van der Waals surface area (Å²) in [7, 11) is 6.32. The molecule has 0 radical (unpaired) electrons. The molecule has 10 nitrogen and oxygen atoms in total. The maximum absolute atomic E-state index is 10.5. The summed E-state index contributed by atoms with van der Waals surface area (Å²) in [4.78, 5) is 4.39. The summed E-state index contributed by atoms with van der Waals surface area (Å²) in [5, 5.41) is 20.9. The Morgan fingerprint density at radius 1 is 0.556 bits per heavy atom. The number of hydrogen-bond donors (Lipinski definition) is 2. The fourth-order valence-electron chi connectivity index (χ4n) is 3.97. The Balaban J connectivity index is 1.36. The number of methoxy groups -OCH3 is 4. The van der Waals surface area contributed by atoms with E-state index in [9.17, 15) is 10.2 Å². The lowest BCUT2D eigenvalue weighted by molar-refractivity contribution is 0.0240. The predicted molar refractivity (Wildman–Crippen MR) is 135 cm³/mol. The first-order valence-electron chi connectivity index (χ1n) is 11.9. The second-order valence-electron chi connectivity index (χ2n) is 8.63. The largest absolute Gasteiger partial charge is 0.496 e. The Morgan fingerprint density at radius 3 is 1.11 bits per heavy atom. The van der Waals surface area contributed by atoms with Crippen LogP contribution in [0.4, 0.5) is 0 Å². The summed E-state index contributed by atoms with van der Waals surface area (Å²) in [6.45, 7) is 4.55. The number of piperazine rings is 1. The van der Waals surface area contributed by atoms with Crippen LogP contribution in [0, 0.1) is 0 Å². The normalized spacial score (nSPS) is 16.2. The first-order chi connectivity index (χ1) is 17.4. The maximum Gasteiger partial charge on any atom is 0.126 e. The first-order valence-corrected chi connectivity index (χ1v) is 11.9. The minimum atomic E-state index is -0.632. The number of hydrogen-bond acceptors (Lipinski definition) is 10. The SMILES string of the molecule is COc1cc(OC)cc(OC[C@@H](O)CN2CCN(C[C@H](O)COc3cc(OC)cc(OC)c3)CC2)c1. The number of nitrogens with zero attached hydrogens (tertiary/aromatic N) is 2. The van der Waals surface area contributed by atoms with Gasteiger partial charge in [0.05, 0.1) is 28.4 Å². The molecule has 2 atom stereocenters. The van der Waals surface area contributed by atoms with Crippen LogP contribution in [0.1, 0.15) is 0 Å². The lowest BCUT2D eigenvalue weighted by Gasteiger charge is -2.36. The lowest BCUT2D eigenvalue weighted by atomic mass is 10.2. The lowest BCUT2D eigenvalue weighted by Crippen LogP contribution is -2.51. The van der Waals surface area contributed by atoms with Gasteiger partial charge < -0.3 is 38.6 Å². The van der Waals surface area contributed by atoms with Gasteiger partial charge in [-0.15, -0.1) is 0 Å². The van der Waals surface area contributed by atoms with E-state index in [1.54, 1.807) is 64.8 Å². The number of β-amino-alcohol motifs (C(OH)–C–C–N with tert-alkyl or cyclic N) is 2. The van der Waals surface area contributed by atoms with Crippen molar-refractivity contribution in [3.63, 3.8) is 0 Å². The van der Waals surface area contributed by atoms with Gasteiger partial charge in [-0.1, -0.05) is 0 Å². The van der Waals surface area contributed by atoms with E-state index in [0.717, 1.165) is 26.2 Å². The Morgan fingerprint density at radius 2 is 0.833 bits per heavy atom. The van der Waals surface area contributed by atoms with Gasteiger partial charge in [0.25, 0.3) is 0 Å². The molecule has 36 heavy (non-hydrogen) atoms. The zero-order chi connectivity index (χ0) is 25.9. The van der Waals surface area contributed by atoms with Gasteiger partial charge >= 0.3 is 0 Å². The molecule has 0 bridgehead atoms. The molecule has 1 fully saturated rings. The Hall–Kier alpha value is -2.92. The molecule has 1 aliphatic heterocycles. The highest BCUT2D eigenvalue weighted by molar-refractivity contribution is 5.42. The molecule has 0 aliphatic carbocycles. The summed E-state index contributed by atoms with van der Waals surface area (Å²) >= 11 is 0. The molecule has 2 aromatic carbocycles. The molecule has 10 heteroatoms. The summed E-state index contributed by atoms with van der Waals surface area (Å²) < 4.78 is 32.5. The molecule has 2 aromatic rings. The number of rotatable bonds is 14. The molecule has 200 valence electrons. The van der Waals surface area contributed by atoms with Crippen molar-refractivity contribution in [3.8, 4) is 34.5 Å². The smallest absolute Gasteiger partial charge is 0.126 e. The molecule has 1 heterocycles. The monoisotopic (exact) mass is 506 g/mol. The van der Waals surface area contributed by atoms with Crippen molar-refractivity contribution in [2.24, 2.45) is 0 Å². The van der Waals surface area contributed by atoms with Gasteiger partial charge in [-0.2, -0.15) is 0 Å². The van der Waals surface area contributed by atoms with Crippen LogP contribution in [0.2, 0.25) is 0 Å². The molecule has 3 rings (SSSR count). The van der Waals surface area contributed by atoms with E-state index < -0.39 is 12.2 Å². The van der Waals surface area contributed by atoms with Gasteiger partial charge in [-0.05, 0) is 0 Å². The number of aliphatic hydroxyl groups excluding tert-OH is 2. The van der Waals surface area contributed by atoms with Gasteiger partial charge in [-0.25, -0.2) is 0 Å². The topological polar surface area (TPSA) is 102 Å². The molecular formula is C26H38N2O8. The van der Waals surface area contributed by atoms with Gasteiger partial charge in [0.15, 0.2) is 0 Å². The van der Waals surface area contributed by atoms with Crippen LogP contribution < -0.4 is 28.4 Å². The minimum absolute atomic E-state index is 0.168. The van der Waals surface area contributed by atoms with E-state index in [-0.39, 0.29) is 13.2 Å². The standard InChI is InChI=1S/C26H38N2O8/c1-31-21-9-22(32-2)12-25(11-21)35-17-19(29)15-27-5-7-28(8-6-27)16-20(30)18-36-26-13-23(33-3)10-24(14-26)34-4/h9-14,19-20,29-30H,5-8,15-18H2,1-4H3/t19-,20-/m0/s1. The molecule has 0 aromatic heterocycles. The van der Waals surface area contributed by atoms with Crippen molar-refractivity contribution in [3.05, 3.63) is 36.4 Å². The molecule has 0 spiro atoms. The highest BCUT2D eigenvalue weighted by Crippen LogP contribution is 2.28. The van der Waals surface area contributed by atoms with Crippen molar-refractivity contribution < 1.29 is 38.6 Å². The van der Waals surface area contributed by atoms with Crippen molar-refractivity contribution in [1.82, 2.24) is 9.80 Å².